The van der Waals surface area contributed by atoms with Crippen LogP contribution in [0.3, 0.4) is 0 Å². The van der Waals surface area contributed by atoms with Crippen LogP contribution in [0.25, 0.3) is 5.57 Å². The van der Waals surface area contributed by atoms with E-state index in [1.54, 1.807) is 6.20 Å². The molecular weight excluding hydrogens is 369 g/mol. The number of nitrogens with one attached hydrogen (secondary N) is 3. The maximum atomic E-state index is 13.8. The molecule has 152 valence electrons. The molecule has 4 rings (SSSR count). The number of carbonyl (C=O) groups is 1. The average molecular weight is 395 g/mol. The minimum Gasteiger partial charge on any atom is -0.366 e. The second kappa shape index (κ2) is 6.83. The third-order valence-electron chi connectivity index (χ3n) is 5.32. The van der Waals surface area contributed by atoms with Gasteiger partial charge in [0.15, 0.2) is 0 Å². The molecule has 2 aliphatic rings. The highest BCUT2D eigenvalue weighted by molar-refractivity contribution is 5.98. The SMILES string of the molecule is CC(C)(F)CNc1ncc2c(n1)NCC=C2c1ccc2c(c1)C(C)(C)CNC2=O. The Morgan fingerprint density at radius 1 is 1.24 bits per heavy atom. The van der Waals surface area contributed by atoms with E-state index in [-0.39, 0.29) is 17.9 Å². The number of carbonyl (C=O) groups excluding carboxylic acids is 1. The number of halogens is 1. The zero-order valence-electron chi connectivity index (χ0n) is 17.2. The van der Waals surface area contributed by atoms with Crippen LogP contribution in [0.2, 0.25) is 0 Å². The zero-order valence-corrected chi connectivity index (χ0v) is 17.2. The van der Waals surface area contributed by atoms with Crippen LogP contribution in [0, 0.1) is 0 Å². The zero-order chi connectivity index (χ0) is 20.8. The van der Waals surface area contributed by atoms with Crippen LogP contribution in [0.4, 0.5) is 16.2 Å². The first-order valence-corrected chi connectivity index (χ1v) is 9.81. The van der Waals surface area contributed by atoms with Gasteiger partial charge in [-0.25, -0.2) is 9.37 Å². The molecule has 6 nitrogen and oxygen atoms in total. The number of hydrogen-bond donors (Lipinski definition) is 3. The van der Waals surface area contributed by atoms with Gasteiger partial charge >= 0.3 is 0 Å². The third kappa shape index (κ3) is 3.81. The summed E-state index contributed by atoms with van der Waals surface area (Å²) in [4.78, 5) is 21.1. The Kier molecular flexibility index (Phi) is 4.56. The Balaban J connectivity index is 1.68. The molecule has 3 heterocycles. The Hall–Kier alpha value is -2.96. The van der Waals surface area contributed by atoms with E-state index in [1.165, 1.54) is 13.8 Å². The Morgan fingerprint density at radius 3 is 2.79 bits per heavy atom. The van der Waals surface area contributed by atoms with Crippen LogP contribution in [-0.2, 0) is 5.41 Å². The first kappa shape index (κ1) is 19.4. The van der Waals surface area contributed by atoms with E-state index in [0.717, 1.165) is 27.8 Å². The number of anilines is 2. The molecule has 1 amide bonds. The van der Waals surface area contributed by atoms with Gasteiger partial charge in [-0.05, 0) is 42.7 Å². The van der Waals surface area contributed by atoms with Gasteiger partial charge in [0.2, 0.25) is 5.95 Å². The fourth-order valence-electron chi connectivity index (χ4n) is 3.68. The van der Waals surface area contributed by atoms with E-state index in [9.17, 15) is 9.18 Å². The maximum Gasteiger partial charge on any atom is 0.251 e. The van der Waals surface area contributed by atoms with Crippen LogP contribution in [0.5, 0.6) is 0 Å². The van der Waals surface area contributed by atoms with E-state index >= 15 is 0 Å². The summed E-state index contributed by atoms with van der Waals surface area (Å²) in [5.74, 6) is 1.08. The molecule has 0 atom stereocenters. The smallest absolute Gasteiger partial charge is 0.251 e. The van der Waals surface area contributed by atoms with Gasteiger partial charge < -0.3 is 16.0 Å². The van der Waals surface area contributed by atoms with Crippen LogP contribution >= 0.6 is 0 Å². The summed E-state index contributed by atoms with van der Waals surface area (Å²) < 4.78 is 13.8. The van der Waals surface area contributed by atoms with Crippen molar-refractivity contribution in [3.63, 3.8) is 0 Å². The predicted octanol–water partition coefficient (Wildman–Crippen LogP) is 3.51. The van der Waals surface area contributed by atoms with Gasteiger partial charge in [-0.2, -0.15) is 4.98 Å². The highest BCUT2D eigenvalue weighted by Crippen LogP contribution is 2.36. The Labute approximate surface area is 170 Å². The predicted molar refractivity (Wildman–Crippen MR) is 113 cm³/mol. The van der Waals surface area contributed by atoms with Crippen molar-refractivity contribution in [2.75, 3.05) is 30.3 Å². The number of aromatic nitrogens is 2. The molecule has 0 aliphatic carbocycles. The molecule has 1 aromatic carbocycles. The number of amides is 1. The summed E-state index contributed by atoms with van der Waals surface area (Å²) in [6.07, 6.45) is 3.85. The lowest BCUT2D eigenvalue weighted by atomic mass is 9.77. The highest BCUT2D eigenvalue weighted by atomic mass is 19.1. The fourth-order valence-corrected chi connectivity index (χ4v) is 3.68. The van der Waals surface area contributed by atoms with Gasteiger partial charge in [0.05, 0.1) is 6.54 Å². The average Bonchev–Trinajstić information content (AvgIpc) is 2.68. The van der Waals surface area contributed by atoms with Crippen molar-refractivity contribution >= 4 is 23.2 Å². The number of nitrogens with zero attached hydrogens (tertiary/aromatic N) is 2. The molecular formula is C22H26FN5O. The number of rotatable bonds is 4. The lowest BCUT2D eigenvalue weighted by molar-refractivity contribution is 0.0930. The third-order valence-corrected chi connectivity index (χ3v) is 5.32. The van der Waals surface area contributed by atoms with Crippen LogP contribution in [0.1, 0.15) is 54.7 Å². The van der Waals surface area contributed by atoms with E-state index in [2.05, 4.69) is 51.9 Å². The molecule has 0 bridgehead atoms. The van der Waals surface area contributed by atoms with Crippen molar-refractivity contribution in [2.24, 2.45) is 0 Å². The molecule has 3 N–H and O–H groups in total. The van der Waals surface area contributed by atoms with E-state index < -0.39 is 5.67 Å². The van der Waals surface area contributed by atoms with Crippen molar-refractivity contribution in [3.05, 3.63) is 52.7 Å². The minimum atomic E-state index is -1.35. The van der Waals surface area contributed by atoms with Crippen molar-refractivity contribution in [2.45, 2.75) is 38.8 Å². The Bertz CT molecular complexity index is 1010. The van der Waals surface area contributed by atoms with Gasteiger partial charge in [0.25, 0.3) is 5.91 Å². The van der Waals surface area contributed by atoms with Crippen molar-refractivity contribution in [1.82, 2.24) is 15.3 Å². The molecule has 1 aromatic heterocycles. The second-order valence-electron chi connectivity index (χ2n) is 8.85. The van der Waals surface area contributed by atoms with Crippen LogP contribution in [0.15, 0.2) is 30.5 Å². The molecule has 0 unspecified atom stereocenters. The lowest BCUT2D eigenvalue weighted by Gasteiger charge is -2.33. The maximum absolute atomic E-state index is 13.8. The van der Waals surface area contributed by atoms with Gasteiger partial charge in [-0.15, -0.1) is 0 Å². The molecule has 0 saturated carbocycles. The highest BCUT2D eigenvalue weighted by Gasteiger charge is 2.32. The number of benzene rings is 1. The molecule has 0 spiro atoms. The summed E-state index contributed by atoms with van der Waals surface area (Å²) in [5.41, 5.74) is 3.23. The summed E-state index contributed by atoms with van der Waals surface area (Å²) >= 11 is 0. The molecule has 0 fully saturated rings. The molecule has 0 saturated heterocycles. The topological polar surface area (TPSA) is 78.9 Å². The summed E-state index contributed by atoms with van der Waals surface area (Å²) in [6, 6.07) is 5.97. The summed E-state index contributed by atoms with van der Waals surface area (Å²) in [5, 5.41) is 9.16. The fraction of sp³-hybridized carbons (Fsp3) is 0.409. The first-order valence-electron chi connectivity index (χ1n) is 9.81. The van der Waals surface area contributed by atoms with Crippen molar-refractivity contribution in [3.8, 4) is 0 Å². The van der Waals surface area contributed by atoms with Crippen LogP contribution in [-0.4, -0.2) is 41.2 Å². The summed E-state index contributed by atoms with van der Waals surface area (Å²) in [7, 11) is 0. The number of alkyl halides is 1. The standard InChI is InChI=1S/C22H26FN5O/c1-21(2)11-26-19(29)15-6-5-13(9-17(15)21)14-7-8-24-18-16(14)10-25-20(28-18)27-12-22(3,4)23/h5-7,9-10H,8,11-12H2,1-4H3,(H,26,29)(H2,24,25,27,28). The molecule has 0 radical (unpaired) electrons. The van der Waals surface area contributed by atoms with E-state index in [0.29, 0.717) is 24.9 Å². The second-order valence-corrected chi connectivity index (χ2v) is 8.85. The Morgan fingerprint density at radius 2 is 2.03 bits per heavy atom. The molecule has 29 heavy (non-hydrogen) atoms. The van der Waals surface area contributed by atoms with Crippen molar-refractivity contribution < 1.29 is 9.18 Å². The number of fused-ring (bicyclic) bond motifs is 2. The minimum absolute atomic E-state index is 0.0274. The van der Waals surface area contributed by atoms with Gasteiger partial charge in [0, 0.05) is 35.8 Å². The number of hydrogen-bond acceptors (Lipinski definition) is 5. The molecule has 2 aromatic rings. The molecule has 7 heteroatoms. The van der Waals surface area contributed by atoms with E-state index in [4.69, 9.17) is 0 Å². The van der Waals surface area contributed by atoms with Crippen LogP contribution < -0.4 is 16.0 Å². The lowest BCUT2D eigenvalue weighted by Crippen LogP contribution is -2.43. The normalized spacial score (nSPS) is 17.4. The first-order chi connectivity index (χ1) is 13.6. The van der Waals surface area contributed by atoms with Gasteiger partial charge in [-0.1, -0.05) is 26.0 Å². The van der Waals surface area contributed by atoms with Gasteiger partial charge in [0.1, 0.15) is 11.5 Å². The van der Waals surface area contributed by atoms with Crippen molar-refractivity contribution in [1.29, 1.82) is 0 Å². The van der Waals surface area contributed by atoms with E-state index in [1.807, 2.05) is 12.1 Å². The monoisotopic (exact) mass is 395 g/mol. The largest absolute Gasteiger partial charge is 0.366 e. The quantitative estimate of drug-likeness (QED) is 0.738. The van der Waals surface area contributed by atoms with Gasteiger partial charge in [-0.3, -0.25) is 4.79 Å². The summed E-state index contributed by atoms with van der Waals surface area (Å²) in [6.45, 7) is 8.67. The molecule has 2 aliphatic heterocycles.